The molecule has 1 aromatic rings. The molecule has 1 aromatic heterocycles. The minimum absolute atomic E-state index is 0.365. The number of nitrogens with one attached hydrogen (secondary N) is 1. The number of aromatic nitrogens is 3. The lowest BCUT2D eigenvalue weighted by molar-refractivity contribution is 0.371. The van der Waals surface area contributed by atoms with Gasteiger partial charge in [0.25, 0.3) is 0 Å². The highest BCUT2D eigenvalue weighted by Crippen LogP contribution is 2.21. The zero-order chi connectivity index (χ0) is 14.1. The van der Waals surface area contributed by atoms with Crippen LogP contribution in [0.3, 0.4) is 0 Å². The Morgan fingerprint density at radius 3 is 2.84 bits per heavy atom. The Bertz CT molecular complexity index is 411. The number of nitrogens with zero attached hydrogens (tertiary/aromatic N) is 4. The van der Waals surface area contributed by atoms with Crippen molar-refractivity contribution in [1.29, 1.82) is 5.26 Å². The first-order valence-corrected chi connectivity index (χ1v) is 7.79. The molecule has 1 atom stereocenters. The van der Waals surface area contributed by atoms with Crippen molar-refractivity contribution >= 4 is 11.8 Å². The highest BCUT2D eigenvalue weighted by atomic mass is 32.2. The molecular weight excluding hydrogens is 258 g/mol. The molecule has 0 saturated carbocycles. The van der Waals surface area contributed by atoms with E-state index in [4.69, 9.17) is 0 Å². The number of aryl methyl sites for hydroxylation is 1. The molecule has 19 heavy (non-hydrogen) atoms. The fourth-order valence-corrected chi connectivity index (χ4v) is 2.71. The lowest BCUT2D eigenvalue weighted by Gasteiger charge is -2.26. The van der Waals surface area contributed by atoms with Crippen molar-refractivity contribution in [2.75, 3.05) is 12.3 Å². The van der Waals surface area contributed by atoms with E-state index >= 15 is 0 Å². The van der Waals surface area contributed by atoms with Crippen LogP contribution >= 0.6 is 11.8 Å². The van der Waals surface area contributed by atoms with Gasteiger partial charge in [0.15, 0.2) is 5.16 Å². The molecule has 0 amide bonds. The maximum absolute atomic E-state index is 9.38. The van der Waals surface area contributed by atoms with Crippen LogP contribution < -0.4 is 5.32 Å². The molecule has 0 radical (unpaired) electrons. The van der Waals surface area contributed by atoms with Crippen molar-refractivity contribution in [2.45, 2.75) is 50.2 Å². The number of hydrogen-bond acceptors (Lipinski definition) is 5. The quantitative estimate of drug-likeness (QED) is 0.556. The van der Waals surface area contributed by atoms with Gasteiger partial charge in [0, 0.05) is 12.8 Å². The molecule has 0 bridgehead atoms. The molecule has 0 aliphatic carbocycles. The van der Waals surface area contributed by atoms with Crippen molar-refractivity contribution in [1.82, 2.24) is 20.1 Å². The fraction of sp³-hybridized carbons (Fsp3) is 0.769. The van der Waals surface area contributed by atoms with Gasteiger partial charge in [-0.2, -0.15) is 10.4 Å². The molecule has 0 aliphatic heterocycles. The van der Waals surface area contributed by atoms with Gasteiger partial charge < -0.3 is 0 Å². The molecule has 1 unspecified atom stereocenters. The predicted octanol–water partition coefficient (Wildman–Crippen LogP) is 2.36. The first-order valence-electron chi connectivity index (χ1n) is 6.80. The Balaban J connectivity index is 2.36. The van der Waals surface area contributed by atoms with Crippen molar-refractivity contribution in [2.24, 2.45) is 7.05 Å². The molecule has 5 nitrogen and oxygen atoms in total. The van der Waals surface area contributed by atoms with Crippen LogP contribution in [0.25, 0.3) is 0 Å². The van der Waals surface area contributed by atoms with Crippen molar-refractivity contribution in [3.8, 4) is 6.07 Å². The molecule has 0 aliphatic rings. The molecule has 0 saturated heterocycles. The summed E-state index contributed by atoms with van der Waals surface area (Å²) < 4.78 is 1.78. The van der Waals surface area contributed by atoms with Crippen LogP contribution in [0.1, 0.15) is 39.5 Å². The SMILES string of the molecule is CCCNC(C#N)(CC)CCCSc1ncnn1C. The van der Waals surface area contributed by atoms with Crippen molar-refractivity contribution < 1.29 is 0 Å². The topological polar surface area (TPSA) is 66.5 Å². The van der Waals surface area contributed by atoms with E-state index in [1.165, 1.54) is 0 Å². The monoisotopic (exact) mass is 281 g/mol. The first kappa shape index (κ1) is 16.0. The Morgan fingerprint density at radius 2 is 2.32 bits per heavy atom. The number of thioether (sulfide) groups is 1. The van der Waals surface area contributed by atoms with Gasteiger partial charge in [0.2, 0.25) is 0 Å². The van der Waals surface area contributed by atoms with Gasteiger partial charge in [-0.25, -0.2) is 9.67 Å². The second-order valence-electron chi connectivity index (χ2n) is 4.59. The fourth-order valence-electron chi connectivity index (χ4n) is 1.88. The van der Waals surface area contributed by atoms with Crippen LogP contribution in [-0.2, 0) is 7.05 Å². The summed E-state index contributed by atoms with van der Waals surface area (Å²) in [4.78, 5) is 4.17. The molecule has 0 aromatic carbocycles. The van der Waals surface area contributed by atoms with E-state index in [0.717, 1.165) is 43.1 Å². The molecule has 6 heteroatoms. The minimum atomic E-state index is -0.365. The summed E-state index contributed by atoms with van der Waals surface area (Å²) in [5, 5.41) is 17.7. The smallest absolute Gasteiger partial charge is 0.185 e. The molecule has 0 spiro atoms. The molecule has 1 N–H and O–H groups in total. The van der Waals surface area contributed by atoms with E-state index in [1.54, 1.807) is 22.8 Å². The van der Waals surface area contributed by atoms with E-state index < -0.39 is 0 Å². The Hall–Kier alpha value is -1.06. The van der Waals surface area contributed by atoms with Gasteiger partial charge in [-0.15, -0.1) is 0 Å². The zero-order valence-electron chi connectivity index (χ0n) is 12.0. The number of rotatable bonds is 9. The number of nitriles is 1. The zero-order valence-corrected chi connectivity index (χ0v) is 12.8. The summed E-state index contributed by atoms with van der Waals surface area (Å²) in [5.74, 6) is 0.962. The van der Waals surface area contributed by atoms with E-state index in [9.17, 15) is 5.26 Å². The van der Waals surface area contributed by atoms with Gasteiger partial charge in [0.05, 0.1) is 6.07 Å². The van der Waals surface area contributed by atoms with Crippen LogP contribution in [-0.4, -0.2) is 32.6 Å². The Labute approximate surface area is 119 Å². The van der Waals surface area contributed by atoms with Crippen molar-refractivity contribution in [3.05, 3.63) is 6.33 Å². The van der Waals surface area contributed by atoms with Crippen LogP contribution in [0, 0.1) is 11.3 Å². The molecule has 0 fully saturated rings. The van der Waals surface area contributed by atoms with Gasteiger partial charge >= 0.3 is 0 Å². The van der Waals surface area contributed by atoms with Crippen LogP contribution in [0.5, 0.6) is 0 Å². The largest absolute Gasteiger partial charge is 0.299 e. The first-order chi connectivity index (χ1) is 9.17. The van der Waals surface area contributed by atoms with Crippen LogP contribution in [0.2, 0.25) is 0 Å². The third-order valence-corrected chi connectivity index (χ3v) is 4.30. The van der Waals surface area contributed by atoms with E-state index in [-0.39, 0.29) is 5.54 Å². The minimum Gasteiger partial charge on any atom is -0.299 e. The highest BCUT2D eigenvalue weighted by molar-refractivity contribution is 7.99. The Kier molecular flexibility index (Phi) is 6.89. The molecule has 106 valence electrons. The average Bonchev–Trinajstić information content (AvgIpc) is 2.84. The van der Waals surface area contributed by atoms with Crippen molar-refractivity contribution in [3.63, 3.8) is 0 Å². The normalized spacial score (nSPS) is 14.0. The standard InChI is InChI=1S/C13H23N5S/c1-4-8-16-13(5-2,10-14)7-6-9-19-12-15-11-17-18(12)3/h11,16H,4-9H2,1-3H3. The highest BCUT2D eigenvalue weighted by Gasteiger charge is 2.26. The summed E-state index contributed by atoms with van der Waals surface area (Å²) in [6.45, 7) is 5.09. The van der Waals surface area contributed by atoms with Gasteiger partial charge in [0.1, 0.15) is 11.9 Å². The van der Waals surface area contributed by atoms with Gasteiger partial charge in [-0.1, -0.05) is 25.6 Å². The average molecular weight is 281 g/mol. The molecule has 1 rings (SSSR count). The van der Waals surface area contributed by atoms with Gasteiger partial charge in [-0.3, -0.25) is 5.32 Å². The third-order valence-electron chi connectivity index (χ3n) is 3.18. The third kappa shape index (κ3) is 4.84. The van der Waals surface area contributed by atoms with E-state index in [1.807, 2.05) is 7.05 Å². The summed E-state index contributed by atoms with van der Waals surface area (Å²) in [5.41, 5.74) is -0.365. The summed E-state index contributed by atoms with van der Waals surface area (Å²) in [6, 6.07) is 2.45. The summed E-state index contributed by atoms with van der Waals surface area (Å²) in [7, 11) is 1.89. The second-order valence-corrected chi connectivity index (χ2v) is 5.65. The van der Waals surface area contributed by atoms with Crippen LogP contribution in [0.15, 0.2) is 11.5 Å². The predicted molar refractivity (Wildman–Crippen MR) is 77.9 cm³/mol. The van der Waals surface area contributed by atoms with Crippen LogP contribution in [0.4, 0.5) is 0 Å². The van der Waals surface area contributed by atoms with Gasteiger partial charge in [-0.05, 0) is 32.2 Å². The lowest BCUT2D eigenvalue weighted by Crippen LogP contribution is -2.43. The van der Waals surface area contributed by atoms with E-state index in [0.29, 0.717) is 0 Å². The molecular formula is C13H23N5S. The Morgan fingerprint density at radius 1 is 1.53 bits per heavy atom. The summed E-state index contributed by atoms with van der Waals surface area (Å²) in [6.07, 6.45) is 5.34. The summed E-state index contributed by atoms with van der Waals surface area (Å²) >= 11 is 1.69. The maximum atomic E-state index is 9.38. The van der Waals surface area contributed by atoms with E-state index in [2.05, 4.69) is 35.3 Å². The number of hydrogen-bond donors (Lipinski definition) is 1. The maximum Gasteiger partial charge on any atom is 0.185 e. The second kappa shape index (κ2) is 8.18. The molecule has 1 heterocycles. The lowest BCUT2D eigenvalue weighted by atomic mass is 9.92.